The fourth-order valence-corrected chi connectivity index (χ4v) is 3.81. The molecule has 0 spiro atoms. The monoisotopic (exact) mass is 459 g/mol. The van der Waals surface area contributed by atoms with E-state index in [0.29, 0.717) is 19.8 Å². The minimum absolute atomic E-state index is 0.698. The fraction of sp³-hybridized carbons (Fsp3) is 0.387. The third-order valence-electron chi connectivity index (χ3n) is 5.74. The first kappa shape index (κ1) is 25.7. The maximum Gasteiger partial charge on any atom is 0.123 e. The van der Waals surface area contributed by atoms with Crippen LogP contribution in [-0.4, -0.2) is 19.8 Å². The Bertz CT molecular complexity index is 854. The second kappa shape index (κ2) is 14.3. The zero-order valence-corrected chi connectivity index (χ0v) is 21.0. The number of unbranched alkanes of at least 4 members (excludes halogenated alkanes) is 3. The third kappa shape index (κ3) is 7.03. The van der Waals surface area contributed by atoms with E-state index >= 15 is 0 Å². The summed E-state index contributed by atoms with van der Waals surface area (Å²) < 4.78 is 18.8. The fourth-order valence-electron chi connectivity index (χ4n) is 3.81. The van der Waals surface area contributed by atoms with Gasteiger partial charge in [-0.3, -0.25) is 0 Å². The molecule has 0 aliphatic carbocycles. The summed E-state index contributed by atoms with van der Waals surface area (Å²) in [4.78, 5) is 0. The molecular formula is C31H39O3. The van der Waals surface area contributed by atoms with Gasteiger partial charge in [0.15, 0.2) is 0 Å². The number of ether oxygens (including phenoxy) is 3. The average molecular weight is 460 g/mol. The van der Waals surface area contributed by atoms with E-state index in [4.69, 9.17) is 14.2 Å². The SMILES string of the molecule is CCCCOc1ccccc1[C](c1ccccc1OCCCC)c1ccccc1OCCCC. The van der Waals surface area contributed by atoms with Crippen molar-refractivity contribution in [3.8, 4) is 17.2 Å². The van der Waals surface area contributed by atoms with Gasteiger partial charge < -0.3 is 14.2 Å². The summed E-state index contributed by atoms with van der Waals surface area (Å²) in [6, 6.07) is 24.9. The molecule has 3 nitrogen and oxygen atoms in total. The molecule has 3 heteroatoms. The third-order valence-corrected chi connectivity index (χ3v) is 5.74. The molecule has 3 aromatic rings. The molecule has 0 bridgehead atoms. The molecule has 0 amide bonds. The molecule has 0 unspecified atom stereocenters. The highest BCUT2D eigenvalue weighted by atomic mass is 16.5. The molecule has 3 aromatic carbocycles. The van der Waals surface area contributed by atoms with E-state index in [1.54, 1.807) is 0 Å². The van der Waals surface area contributed by atoms with Crippen molar-refractivity contribution in [2.24, 2.45) is 0 Å². The van der Waals surface area contributed by atoms with Crippen LogP contribution in [0.1, 0.15) is 76.0 Å². The maximum absolute atomic E-state index is 6.28. The van der Waals surface area contributed by atoms with Crippen molar-refractivity contribution in [1.82, 2.24) is 0 Å². The van der Waals surface area contributed by atoms with Gasteiger partial charge in [0, 0.05) is 16.7 Å². The van der Waals surface area contributed by atoms with Gasteiger partial charge in [-0.05, 0) is 37.5 Å². The van der Waals surface area contributed by atoms with Crippen molar-refractivity contribution in [3.63, 3.8) is 0 Å². The largest absolute Gasteiger partial charge is 0.493 e. The van der Waals surface area contributed by atoms with E-state index in [1.165, 1.54) is 0 Å². The summed E-state index contributed by atoms with van der Waals surface area (Å²) >= 11 is 0. The molecule has 0 heterocycles. The predicted molar refractivity (Wildman–Crippen MR) is 141 cm³/mol. The van der Waals surface area contributed by atoms with Crippen LogP contribution in [0.4, 0.5) is 0 Å². The van der Waals surface area contributed by atoms with E-state index in [1.807, 2.05) is 18.2 Å². The molecule has 0 fully saturated rings. The Labute approximate surface area is 206 Å². The number of para-hydroxylation sites is 3. The van der Waals surface area contributed by atoms with Crippen molar-refractivity contribution >= 4 is 0 Å². The van der Waals surface area contributed by atoms with Crippen molar-refractivity contribution in [2.45, 2.75) is 59.3 Å². The number of rotatable bonds is 15. The lowest BCUT2D eigenvalue weighted by atomic mass is 9.83. The molecule has 0 N–H and O–H groups in total. The van der Waals surface area contributed by atoms with Gasteiger partial charge in [0.25, 0.3) is 0 Å². The molecule has 0 aromatic heterocycles. The average Bonchev–Trinajstić information content (AvgIpc) is 2.87. The van der Waals surface area contributed by atoms with Crippen LogP contribution in [0.15, 0.2) is 72.8 Å². The predicted octanol–water partition coefficient (Wildman–Crippen LogP) is 8.24. The molecule has 0 aliphatic heterocycles. The Hall–Kier alpha value is -2.94. The summed E-state index contributed by atoms with van der Waals surface area (Å²) in [5, 5.41) is 0. The number of hydrogen-bond donors (Lipinski definition) is 0. The van der Waals surface area contributed by atoms with Crippen LogP contribution in [0.2, 0.25) is 0 Å². The highest BCUT2D eigenvalue weighted by molar-refractivity contribution is 5.67. The van der Waals surface area contributed by atoms with Crippen LogP contribution in [0.3, 0.4) is 0 Å². The standard InChI is InChI=1S/C31H39O3/c1-4-7-22-32-28-19-13-10-16-25(28)31(26-17-11-14-20-29(26)33-23-8-5-2)27-18-12-15-21-30(27)34-24-9-6-3/h10-21H,4-9,22-24H2,1-3H3. The summed E-state index contributed by atoms with van der Waals surface area (Å²) in [6.45, 7) is 8.64. The molecular weight excluding hydrogens is 420 g/mol. The minimum Gasteiger partial charge on any atom is -0.493 e. The lowest BCUT2D eigenvalue weighted by molar-refractivity contribution is 0.302. The molecule has 181 valence electrons. The van der Waals surface area contributed by atoms with Gasteiger partial charge in [-0.15, -0.1) is 0 Å². The van der Waals surface area contributed by atoms with E-state index in [-0.39, 0.29) is 0 Å². The second-order valence-electron chi connectivity index (χ2n) is 8.47. The zero-order chi connectivity index (χ0) is 24.0. The van der Waals surface area contributed by atoms with Crippen molar-refractivity contribution in [3.05, 3.63) is 95.4 Å². The quantitative estimate of drug-likeness (QED) is 0.169. The first-order valence-corrected chi connectivity index (χ1v) is 12.8. The number of benzene rings is 3. The summed E-state index contributed by atoms with van der Waals surface area (Å²) in [7, 11) is 0. The highest BCUT2D eigenvalue weighted by Crippen LogP contribution is 2.43. The van der Waals surface area contributed by atoms with Crippen LogP contribution in [0, 0.1) is 5.92 Å². The first-order chi connectivity index (χ1) is 16.8. The van der Waals surface area contributed by atoms with Crippen LogP contribution in [-0.2, 0) is 0 Å². The second-order valence-corrected chi connectivity index (χ2v) is 8.47. The molecule has 0 saturated heterocycles. The van der Waals surface area contributed by atoms with Gasteiger partial charge in [-0.25, -0.2) is 0 Å². The smallest absolute Gasteiger partial charge is 0.123 e. The maximum atomic E-state index is 6.28. The Morgan fingerprint density at radius 1 is 0.471 bits per heavy atom. The summed E-state index contributed by atoms with van der Waals surface area (Å²) in [5.74, 6) is 3.74. The van der Waals surface area contributed by atoms with Gasteiger partial charge in [-0.1, -0.05) is 94.6 Å². The Morgan fingerprint density at radius 2 is 0.765 bits per heavy atom. The van der Waals surface area contributed by atoms with E-state index in [2.05, 4.69) is 75.4 Å². The van der Waals surface area contributed by atoms with Crippen LogP contribution in [0.5, 0.6) is 17.2 Å². The Balaban J connectivity index is 2.11. The molecule has 34 heavy (non-hydrogen) atoms. The zero-order valence-electron chi connectivity index (χ0n) is 21.0. The van der Waals surface area contributed by atoms with Crippen LogP contribution >= 0.6 is 0 Å². The van der Waals surface area contributed by atoms with Gasteiger partial charge in [0.05, 0.1) is 25.7 Å². The van der Waals surface area contributed by atoms with Gasteiger partial charge in [-0.2, -0.15) is 0 Å². The highest BCUT2D eigenvalue weighted by Gasteiger charge is 2.27. The van der Waals surface area contributed by atoms with Crippen LogP contribution < -0.4 is 14.2 Å². The van der Waals surface area contributed by atoms with E-state index in [9.17, 15) is 0 Å². The normalized spacial score (nSPS) is 10.9. The molecule has 1 radical (unpaired) electrons. The van der Waals surface area contributed by atoms with E-state index in [0.717, 1.165) is 78.4 Å². The first-order valence-electron chi connectivity index (χ1n) is 12.8. The van der Waals surface area contributed by atoms with Crippen molar-refractivity contribution in [1.29, 1.82) is 0 Å². The molecule has 0 saturated carbocycles. The molecule has 0 atom stereocenters. The van der Waals surface area contributed by atoms with Crippen molar-refractivity contribution in [2.75, 3.05) is 19.8 Å². The molecule has 0 aliphatic rings. The Morgan fingerprint density at radius 3 is 1.06 bits per heavy atom. The lowest BCUT2D eigenvalue weighted by Crippen LogP contribution is -2.12. The van der Waals surface area contributed by atoms with Crippen LogP contribution in [0.25, 0.3) is 0 Å². The van der Waals surface area contributed by atoms with E-state index < -0.39 is 0 Å². The summed E-state index contributed by atoms with van der Waals surface area (Å²) in [5.41, 5.74) is 3.16. The minimum atomic E-state index is 0.698. The summed E-state index contributed by atoms with van der Waals surface area (Å²) in [6.07, 6.45) is 6.37. The van der Waals surface area contributed by atoms with Crippen molar-refractivity contribution < 1.29 is 14.2 Å². The van der Waals surface area contributed by atoms with Gasteiger partial charge in [0.2, 0.25) is 0 Å². The number of hydrogen-bond acceptors (Lipinski definition) is 3. The van der Waals surface area contributed by atoms with Gasteiger partial charge >= 0.3 is 0 Å². The van der Waals surface area contributed by atoms with Gasteiger partial charge in [0.1, 0.15) is 17.2 Å². The topological polar surface area (TPSA) is 27.7 Å². The molecule has 3 rings (SSSR count). The Kier molecular flexibility index (Phi) is 10.8. The lowest BCUT2D eigenvalue weighted by Gasteiger charge is -2.25.